The number of carbonyl (C=O) groups is 2. The number of hydrogen-bond acceptors (Lipinski definition) is 4. The minimum absolute atomic E-state index is 0.251. The van der Waals surface area contributed by atoms with E-state index in [-0.39, 0.29) is 12.5 Å². The smallest absolute Gasteiger partial charge is 0.340 e. The zero-order valence-corrected chi connectivity index (χ0v) is 21.5. The van der Waals surface area contributed by atoms with Gasteiger partial charge in [0, 0.05) is 25.4 Å². The van der Waals surface area contributed by atoms with Crippen LogP contribution >= 0.6 is 0 Å². The summed E-state index contributed by atoms with van der Waals surface area (Å²) >= 11 is 0. The SMILES string of the molecule is CCOC(=O)c1cc(N(C)CCc2ccccc2)ccc1NC(=O)C=C(C)c1ccc2ccccc2c1. The Hall–Kier alpha value is -4.38. The topological polar surface area (TPSA) is 58.6 Å². The Labute approximate surface area is 218 Å². The van der Waals surface area contributed by atoms with Crippen molar-refractivity contribution < 1.29 is 14.3 Å². The van der Waals surface area contributed by atoms with Crippen LogP contribution in [-0.2, 0) is 16.0 Å². The highest BCUT2D eigenvalue weighted by atomic mass is 16.5. The molecule has 188 valence electrons. The lowest BCUT2D eigenvalue weighted by atomic mass is 10.0. The van der Waals surface area contributed by atoms with Crippen LogP contribution in [0.15, 0.2) is 97.1 Å². The molecular weight excluding hydrogens is 460 g/mol. The van der Waals surface area contributed by atoms with E-state index in [1.54, 1.807) is 25.1 Å². The molecule has 0 saturated heterocycles. The normalized spacial score (nSPS) is 11.3. The number of allylic oxidation sites excluding steroid dienone is 1. The van der Waals surface area contributed by atoms with Crippen LogP contribution in [0.3, 0.4) is 0 Å². The number of carbonyl (C=O) groups excluding carboxylic acids is 2. The van der Waals surface area contributed by atoms with Crippen LogP contribution in [0.2, 0.25) is 0 Å². The van der Waals surface area contributed by atoms with Crippen LogP contribution < -0.4 is 10.2 Å². The molecule has 1 amide bonds. The molecule has 0 unspecified atom stereocenters. The van der Waals surface area contributed by atoms with E-state index < -0.39 is 5.97 Å². The van der Waals surface area contributed by atoms with Gasteiger partial charge in [-0.1, -0.05) is 66.7 Å². The van der Waals surface area contributed by atoms with Crippen molar-refractivity contribution in [2.75, 3.05) is 30.4 Å². The van der Waals surface area contributed by atoms with Crippen LogP contribution in [0.25, 0.3) is 16.3 Å². The molecule has 0 aliphatic heterocycles. The van der Waals surface area contributed by atoms with E-state index in [1.807, 2.05) is 62.5 Å². The predicted octanol–water partition coefficient (Wildman–Crippen LogP) is 6.74. The number of nitrogens with one attached hydrogen (secondary N) is 1. The van der Waals surface area contributed by atoms with Gasteiger partial charge >= 0.3 is 5.97 Å². The van der Waals surface area contributed by atoms with Gasteiger partial charge in [0.25, 0.3) is 0 Å². The molecule has 5 heteroatoms. The number of anilines is 2. The number of likely N-dealkylation sites (N-methyl/N-ethyl adjacent to an activating group) is 1. The lowest BCUT2D eigenvalue weighted by molar-refractivity contribution is -0.111. The Morgan fingerprint density at radius 2 is 1.62 bits per heavy atom. The molecule has 0 aliphatic rings. The standard InChI is InChI=1S/C32H32N2O3/c1-4-37-32(36)29-22-28(34(3)19-18-24-10-6-5-7-11-24)16-17-30(29)33-31(35)20-23(2)26-15-14-25-12-8-9-13-27(25)21-26/h5-17,20-22H,4,18-19H2,1-3H3,(H,33,35). The van der Waals surface area contributed by atoms with Gasteiger partial charge in [-0.25, -0.2) is 4.79 Å². The molecule has 4 aromatic rings. The highest BCUT2D eigenvalue weighted by Gasteiger charge is 2.17. The van der Waals surface area contributed by atoms with Gasteiger partial charge in [-0.2, -0.15) is 0 Å². The molecule has 0 spiro atoms. The highest BCUT2D eigenvalue weighted by molar-refractivity contribution is 6.08. The number of esters is 1. The Morgan fingerprint density at radius 3 is 2.38 bits per heavy atom. The number of rotatable bonds is 9. The molecule has 0 fully saturated rings. The summed E-state index contributed by atoms with van der Waals surface area (Å²) in [5, 5.41) is 5.14. The first-order valence-corrected chi connectivity index (χ1v) is 12.5. The number of hydrogen-bond donors (Lipinski definition) is 1. The van der Waals surface area contributed by atoms with Gasteiger partial charge in [-0.15, -0.1) is 0 Å². The number of fused-ring (bicyclic) bond motifs is 1. The van der Waals surface area contributed by atoms with E-state index in [0.29, 0.717) is 11.3 Å². The minimum Gasteiger partial charge on any atom is -0.462 e. The van der Waals surface area contributed by atoms with Crippen molar-refractivity contribution in [1.29, 1.82) is 0 Å². The number of benzene rings is 4. The second kappa shape index (κ2) is 12.0. The first kappa shape index (κ1) is 25.7. The number of nitrogens with zero attached hydrogens (tertiary/aromatic N) is 1. The van der Waals surface area contributed by atoms with Crippen LogP contribution in [0.1, 0.15) is 35.3 Å². The molecular formula is C32H32N2O3. The van der Waals surface area contributed by atoms with Crippen molar-refractivity contribution in [3.63, 3.8) is 0 Å². The summed E-state index contributed by atoms with van der Waals surface area (Å²) in [4.78, 5) is 27.8. The summed E-state index contributed by atoms with van der Waals surface area (Å²) in [6, 6.07) is 29.9. The summed E-state index contributed by atoms with van der Waals surface area (Å²) in [5.41, 5.74) is 4.67. The van der Waals surface area contributed by atoms with Crippen molar-refractivity contribution >= 4 is 39.6 Å². The molecule has 0 aromatic heterocycles. The molecule has 0 radical (unpaired) electrons. The lowest BCUT2D eigenvalue weighted by Crippen LogP contribution is -2.21. The van der Waals surface area contributed by atoms with Gasteiger partial charge in [0.1, 0.15) is 0 Å². The maximum absolute atomic E-state index is 12.9. The van der Waals surface area contributed by atoms with Gasteiger partial charge in [-0.05, 0) is 72.0 Å². The summed E-state index contributed by atoms with van der Waals surface area (Å²) < 4.78 is 5.28. The highest BCUT2D eigenvalue weighted by Crippen LogP contribution is 2.25. The summed E-state index contributed by atoms with van der Waals surface area (Å²) in [5.74, 6) is -0.771. The van der Waals surface area contributed by atoms with E-state index in [4.69, 9.17) is 4.74 Å². The fourth-order valence-electron chi connectivity index (χ4n) is 4.21. The Balaban J connectivity index is 1.52. The third-order valence-electron chi connectivity index (χ3n) is 6.33. The van der Waals surface area contributed by atoms with Crippen molar-refractivity contribution in [2.24, 2.45) is 0 Å². The third-order valence-corrected chi connectivity index (χ3v) is 6.33. The second-order valence-electron chi connectivity index (χ2n) is 8.99. The van der Waals surface area contributed by atoms with Crippen LogP contribution in [0.4, 0.5) is 11.4 Å². The predicted molar refractivity (Wildman–Crippen MR) is 152 cm³/mol. The lowest BCUT2D eigenvalue weighted by Gasteiger charge is -2.21. The molecule has 0 heterocycles. The largest absolute Gasteiger partial charge is 0.462 e. The van der Waals surface area contributed by atoms with Gasteiger partial charge in [0.2, 0.25) is 5.91 Å². The Kier molecular flexibility index (Phi) is 8.37. The zero-order valence-electron chi connectivity index (χ0n) is 21.5. The van der Waals surface area contributed by atoms with Gasteiger partial charge in [0.15, 0.2) is 0 Å². The summed E-state index contributed by atoms with van der Waals surface area (Å²) in [6.07, 6.45) is 2.43. The van der Waals surface area contributed by atoms with Crippen LogP contribution in [0, 0.1) is 0 Å². The summed E-state index contributed by atoms with van der Waals surface area (Å²) in [7, 11) is 1.99. The third kappa shape index (κ3) is 6.64. The molecule has 5 nitrogen and oxygen atoms in total. The first-order chi connectivity index (χ1) is 17.9. The molecule has 4 rings (SSSR count). The fraction of sp³-hybridized carbons (Fsp3) is 0.188. The fourth-order valence-corrected chi connectivity index (χ4v) is 4.21. The van der Waals surface area contributed by atoms with E-state index in [9.17, 15) is 9.59 Å². The molecule has 4 aromatic carbocycles. The molecule has 1 N–H and O–H groups in total. The average Bonchev–Trinajstić information content (AvgIpc) is 2.92. The summed E-state index contributed by atoms with van der Waals surface area (Å²) in [6.45, 7) is 4.70. The number of ether oxygens (including phenoxy) is 1. The zero-order chi connectivity index (χ0) is 26.2. The van der Waals surface area contributed by atoms with Crippen LogP contribution in [0.5, 0.6) is 0 Å². The van der Waals surface area contributed by atoms with Gasteiger partial charge < -0.3 is 15.0 Å². The maximum atomic E-state index is 12.9. The monoisotopic (exact) mass is 492 g/mol. The second-order valence-corrected chi connectivity index (χ2v) is 8.99. The Bertz CT molecular complexity index is 1430. The van der Waals surface area contributed by atoms with Gasteiger partial charge in [-0.3, -0.25) is 4.79 Å². The molecule has 0 bridgehead atoms. The van der Waals surface area contributed by atoms with Crippen molar-refractivity contribution in [1.82, 2.24) is 0 Å². The van der Waals surface area contributed by atoms with Crippen molar-refractivity contribution in [3.8, 4) is 0 Å². The van der Waals surface area contributed by atoms with Gasteiger partial charge in [0.05, 0.1) is 17.9 Å². The molecule has 0 saturated carbocycles. The molecule has 0 aliphatic carbocycles. The maximum Gasteiger partial charge on any atom is 0.340 e. The minimum atomic E-state index is -0.466. The van der Waals surface area contributed by atoms with Crippen molar-refractivity contribution in [2.45, 2.75) is 20.3 Å². The van der Waals surface area contributed by atoms with E-state index >= 15 is 0 Å². The number of amides is 1. The Morgan fingerprint density at radius 1 is 0.892 bits per heavy atom. The van der Waals surface area contributed by atoms with E-state index in [1.165, 1.54) is 5.56 Å². The van der Waals surface area contributed by atoms with Crippen molar-refractivity contribution in [3.05, 3.63) is 114 Å². The average molecular weight is 493 g/mol. The quantitative estimate of drug-likeness (QED) is 0.208. The first-order valence-electron chi connectivity index (χ1n) is 12.5. The molecule has 37 heavy (non-hydrogen) atoms. The van der Waals surface area contributed by atoms with E-state index in [2.05, 4.69) is 40.5 Å². The molecule has 0 atom stereocenters. The van der Waals surface area contributed by atoms with Crippen LogP contribution in [-0.4, -0.2) is 32.1 Å². The van der Waals surface area contributed by atoms with E-state index in [0.717, 1.165) is 40.6 Å².